The van der Waals surface area contributed by atoms with E-state index in [1.54, 1.807) is 0 Å². The van der Waals surface area contributed by atoms with E-state index >= 15 is 0 Å². The molecular formula is C15H15Br2N3O. The van der Waals surface area contributed by atoms with Crippen molar-refractivity contribution in [3.63, 3.8) is 0 Å². The number of halogens is 2. The summed E-state index contributed by atoms with van der Waals surface area (Å²) in [6.45, 7) is 0.779. The van der Waals surface area contributed by atoms with Gasteiger partial charge in [0.05, 0.1) is 5.69 Å². The molecule has 0 unspecified atom stereocenters. The first-order valence-corrected chi connectivity index (χ1v) is 7.83. The van der Waals surface area contributed by atoms with Crippen LogP contribution in [-0.2, 0) is 6.54 Å². The molecule has 2 aromatic carbocycles. The maximum absolute atomic E-state index is 8.71. The molecule has 0 saturated heterocycles. The van der Waals surface area contributed by atoms with Gasteiger partial charge in [0, 0.05) is 28.1 Å². The Morgan fingerprint density at radius 1 is 1.24 bits per heavy atom. The molecule has 6 heteroatoms. The van der Waals surface area contributed by atoms with E-state index in [2.05, 4.69) is 54.0 Å². The number of amidine groups is 1. The lowest BCUT2D eigenvalue weighted by Gasteiger charge is -2.21. The van der Waals surface area contributed by atoms with E-state index in [4.69, 9.17) is 10.9 Å². The molecule has 0 radical (unpaired) electrons. The van der Waals surface area contributed by atoms with Gasteiger partial charge in [0.2, 0.25) is 0 Å². The molecule has 2 rings (SSSR count). The topological polar surface area (TPSA) is 61.8 Å². The number of benzene rings is 2. The normalized spacial score (nSPS) is 11.5. The van der Waals surface area contributed by atoms with Gasteiger partial charge in [0.1, 0.15) is 0 Å². The average Bonchev–Trinajstić information content (AvgIpc) is 2.46. The van der Waals surface area contributed by atoms with Crippen LogP contribution < -0.4 is 10.6 Å². The average molecular weight is 413 g/mol. The molecule has 0 aliphatic rings. The van der Waals surface area contributed by atoms with Crippen molar-refractivity contribution in [3.05, 3.63) is 62.5 Å². The molecule has 0 atom stereocenters. The minimum atomic E-state index is 0.0943. The molecule has 3 N–H and O–H groups in total. The summed E-state index contributed by atoms with van der Waals surface area (Å²) >= 11 is 7.01. The van der Waals surface area contributed by atoms with Crippen LogP contribution in [0.15, 0.2) is 56.6 Å². The molecule has 21 heavy (non-hydrogen) atoms. The Balaban J connectivity index is 2.21. The summed E-state index contributed by atoms with van der Waals surface area (Å²) in [5, 5.41) is 11.7. The van der Waals surface area contributed by atoms with Gasteiger partial charge in [-0.15, -0.1) is 0 Å². The van der Waals surface area contributed by atoms with Gasteiger partial charge in [-0.25, -0.2) is 0 Å². The van der Waals surface area contributed by atoms with Gasteiger partial charge in [0.25, 0.3) is 0 Å². The third-order valence-electron chi connectivity index (χ3n) is 3.07. The Labute approximate surface area is 140 Å². The lowest BCUT2D eigenvalue weighted by Crippen LogP contribution is -2.18. The molecular weight excluding hydrogens is 398 g/mol. The third kappa shape index (κ3) is 3.98. The maximum atomic E-state index is 8.71. The Morgan fingerprint density at radius 2 is 2.00 bits per heavy atom. The highest BCUT2D eigenvalue weighted by atomic mass is 79.9. The summed E-state index contributed by atoms with van der Waals surface area (Å²) in [5.74, 6) is 0.0943. The monoisotopic (exact) mass is 411 g/mol. The highest BCUT2D eigenvalue weighted by Gasteiger charge is 2.09. The Kier molecular flexibility index (Phi) is 5.25. The first kappa shape index (κ1) is 15.9. The summed E-state index contributed by atoms with van der Waals surface area (Å²) in [5.41, 5.74) is 8.50. The summed E-state index contributed by atoms with van der Waals surface area (Å²) in [6.07, 6.45) is 0. The van der Waals surface area contributed by atoms with E-state index in [1.165, 1.54) is 5.56 Å². The molecule has 2 aromatic rings. The van der Waals surface area contributed by atoms with Crippen molar-refractivity contribution in [1.82, 2.24) is 0 Å². The van der Waals surface area contributed by atoms with Crippen molar-refractivity contribution in [1.29, 1.82) is 0 Å². The summed E-state index contributed by atoms with van der Waals surface area (Å²) in [7, 11) is 2.02. The van der Waals surface area contributed by atoms with Crippen molar-refractivity contribution in [2.75, 3.05) is 11.9 Å². The van der Waals surface area contributed by atoms with Crippen LogP contribution in [0.4, 0.5) is 5.69 Å². The van der Waals surface area contributed by atoms with Gasteiger partial charge < -0.3 is 15.8 Å². The van der Waals surface area contributed by atoms with Crippen LogP contribution >= 0.6 is 31.9 Å². The predicted molar refractivity (Wildman–Crippen MR) is 92.9 cm³/mol. The highest BCUT2D eigenvalue weighted by molar-refractivity contribution is 9.10. The Hall–Kier alpha value is -1.53. The van der Waals surface area contributed by atoms with Gasteiger partial charge in [-0.3, -0.25) is 0 Å². The largest absolute Gasteiger partial charge is 0.409 e. The molecule has 0 heterocycles. The van der Waals surface area contributed by atoms with E-state index in [9.17, 15) is 0 Å². The Bertz CT molecular complexity index is 674. The van der Waals surface area contributed by atoms with Crippen LogP contribution in [0.1, 0.15) is 11.1 Å². The molecule has 0 fully saturated rings. The molecule has 0 aromatic heterocycles. The van der Waals surface area contributed by atoms with Crippen molar-refractivity contribution in [2.45, 2.75) is 6.54 Å². The molecule has 0 spiro atoms. The minimum absolute atomic E-state index is 0.0943. The van der Waals surface area contributed by atoms with Gasteiger partial charge in [-0.05, 0) is 51.8 Å². The first-order valence-electron chi connectivity index (χ1n) is 6.24. The van der Waals surface area contributed by atoms with E-state index in [0.29, 0.717) is 5.56 Å². The van der Waals surface area contributed by atoms with Crippen molar-refractivity contribution in [3.8, 4) is 0 Å². The van der Waals surface area contributed by atoms with Crippen LogP contribution in [0.25, 0.3) is 0 Å². The smallest absolute Gasteiger partial charge is 0.170 e. The van der Waals surface area contributed by atoms with Crippen molar-refractivity contribution < 1.29 is 5.21 Å². The number of anilines is 1. The predicted octanol–water partition coefficient (Wildman–Crippen LogP) is 3.94. The van der Waals surface area contributed by atoms with Gasteiger partial charge in [-0.1, -0.05) is 33.2 Å². The van der Waals surface area contributed by atoms with E-state index in [-0.39, 0.29) is 5.84 Å². The zero-order valence-electron chi connectivity index (χ0n) is 11.4. The van der Waals surface area contributed by atoms with Crippen LogP contribution in [0.2, 0.25) is 0 Å². The molecule has 0 aliphatic heterocycles. The van der Waals surface area contributed by atoms with Gasteiger partial charge in [0.15, 0.2) is 5.84 Å². The molecule has 0 bridgehead atoms. The molecule has 4 nitrogen and oxygen atoms in total. The molecule has 0 aliphatic carbocycles. The van der Waals surface area contributed by atoms with Crippen molar-refractivity contribution >= 4 is 43.4 Å². The van der Waals surface area contributed by atoms with Gasteiger partial charge >= 0.3 is 0 Å². The number of hydrogen-bond donors (Lipinski definition) is 2. The zero-order valence-corrected chi connectivity index (χ0v) is 14.6. The lowest BCUT2D eigenvalue weighted by atomic mass is 10.1. The summed E-state index contributed by atoms with van der Waals surface area (Å²) in [4.78, 5) is 2.13. The van der Waals surface area contributed by atoms with Crippen LogP contribution in [0.3, 0.4) is 0 Å². The highest BCUT2D eigenvalue weighted by Crippen LogP contribution is 2.28. The van der Waals surface area contributed by atoms with E-state index < -0.39 is 0 Å². The third-order valence-corrected chi connectivity index (χ3v) is 4.20. The maximum Gasteiger partial charge on any atom is 0.170 e. The number of rotatable bonds is 4. The minimum Gasteiger partial charge on any atom is -0.409 e. The lowest BCUT2D eigenvalue weighted by molar-refractivity contribution is 0.318. The fourth-order valence-electron chi connectivity index (χ4n) is 2.03. The number of oxime groups is 1. The number of nitrogens with two attached hydrogens (primary N) is 1. The first-order chi connectivity index (χ1) is 10.0. The van der Waals surface area contributed by atoms with Crippen LogP contribution in [-0.4, -0.2) is 18.1 Å². The zero-order chi connectivity index (χ0) is 15.4. The van der Waals surface area contributed by atoms with Crippen molar-refractivity contribution in [2.24, 2.45) is 10.9 Å². The number of nitrogens with zero attached hydrogens (tertiary/aromatic N) is 2. The fraction of sp³-hybridized carbons (Fsp3) is 0.133. The van der Waals surface area contributed by atoms with E-state index in [1.807, 2.05) is 37.4 Å². The molecule has 110 valence electrons. The summed E-state index contributed by atoms with van der Waals surface area (Å²) in [6, 6.07) is 13.8. The van der Waals surface area contributed by atoms with Crippen LogP contribution in [0.5, 0.6) is 0 Å². The second kappa shape index (κ2) is 6.95. The summed E-state index contributed by atoms with van der Waals surface area (Å²) < 4.78 is 1.96. The number of hydrogen-bond acceptors (Lipinski definition) is 3. The van der Waals surface area contributed by atoms with Gasteiger partial charge in [-0.2, -0.15) is 0 Å². The quantitative estimate of drug-likeness (QED) is 0.346. The SMILES string of the molecule is CN(Cc1cccc(Br)c1)c1ccc(/C(N)=N/O)cc1Br. The van der Waals surface area contributed by atoms with Crippen LogP contribution in [0, 0.1) is 0 Å². The standard InChI is InChI=1S/C15H15Br2N3O/c1-20(9-10-3-2-4-12(16)7-10)14-6-5-11(8-13(14)17)15(18)19-21/h2-8,21H,9H2,1H3,(H2,18,19). The molecule has 0 saturated carbocycles. The van der Waals surface area contributed by atoms with E-state index in [0.717, 1.165) is 21.2 Å². The fourth-order valence-corrected chi connectivity index (χ4v) is 3.16. The Morgan fingerprint density at radius 3 is 2.62 bits per heavy atom. The molecule has 0 amide bonds. The second-order valence-electron chi connectivity index (χ2n) is 4.64. The second-order valence-corrected chi connectivity index (χ2v) is 6.41.